The molecule has 1 saturated heterocycles. The summed E-state index contributed by atoms with van der Waals surface area (Å²) in [5.74, 6) is 0.927. The number of aryl methyl sites for hydroxylation is 1. The van der Waals surface area contributed by atoms with Gasteiger partial charge in [-0.25, -0.2) is 4.98 Å². The van der Waals surface area contributed by atoms with E-state index in [0.717, 1.165) is 18.9 Å². The summed E-state index contributed by atoms with van der Waals surface area (Å²) in [6.45, 7) is 8.67. The van der Waals surface area contributed by atoms with Gasteiger partial charge in [0, 0.05) is 25.0 Å². The topological polar surface area (TPSA) is 50.2 Å². The lowest BCUT2D eigenvalue weighted by molar-refractivity contribution is -0.122. The first-order chi connectivity index (χ1) is 9.40. The number of imidazole rings is 1. The normalized spacial score (nSPS) is 22.7. The second-order valence-electron chi connectivity index (χ2n) is 6.49. The molecule has 0 unspecified atom stereocenters. The maximum Gasteiger partial charge on any atom is 0.240 e. The van der Waals surface area contributed by atoms with Gasteiger partial charge in [-0.2, -0.15) is 0 Å². The van der Waals surface area contributed by atoms with Crippen molar-refractivity contribution in [2.75, 3.05) is 20.1 Å². The van der Waals surface area contributed by atoms with Crippen LogP contribution in [-0.4, -0.2) is 46.5 Å². The average molecular weight is 278 g/mol. The molecule has 1 N–H and O–H groups in total. The molecule has 0 aliphatic carbocycles. The van der Waals surface area contributed by atoms with Crippen LogP contribution in [0.15, 0.2) is 12.4 Å². The van der Waals surface area contributed by atoms with Crippen molar-refractivity contribution in [2.45, 2.75) is 46.2 Å². The van der Waals surface area contributed by atoms with Crippen molar-refractivity contribution in [1.82, 2.24) is 19.8 Å². The van der Waals surface area contributed by atoms with E-state index in [4.69, 9.17) is 0 Å². The fourth-order valence-corrected chi connectivity index (χ4v) is 3.13. The predicted octanol–water partition coefficient (Wildman–Crippen LogP) is 1.43. The summed E-state index contributed by atoms with van der Waals surface area (Å²) in [4.78, 5) is 18.5. The highest BCUT2D eigenvalue weighted by Gasteiger charge is 2.35. The molecule has 1 aliphatic heterocycles. The SMILES string of the molecule is Cc1nccn1CC(=O)NC[C@@H]1N(C)CCCC1(C)C. The lowest BCUT2D eigenvalue weighted by Crippen LogP contribution is -2.53. The number of likely N-dealkylation sites (N-methyl/N-ethyl adjacent to an activating group) is 1. The van der Waals surface area contributed by atoms with Gasteiger partial charge in [-0.15, -0.1) is 0 Å². The summed E-state index contributed by atoms with van der Waals surface area (Å²) in [6, 6.07) is 0.407. The lowest BCUT2D eigenvalue weighted by Gasteiger charge is -2.45. The van der Waals surface area contributed by atoms with Gasteiger partial charge in [0.15, 0.2) is 0 Å². The molecule has 112 valence electrons. The lowest BCUT2D eigenvalue weighted by atomic mass is 9.76. The van der Waals surface area contributed by atoms with Gasteiger partial charge >= 0.3 is 0 Å². The summed E-state index contributed by atoms with van der Waals surface area (Å²) in [6.07, 6.45) is 6.02. The Kier molecular flexibility index (Phi) is 4.48. The number of nitrogens with one attached hydrogen (secondary N) is 1. The standard InChI is InChI=1S/C15H26N4O/c1-12-16-7-9-19(12)11-14(20)17-10-13-15(2,3)6-5-8-18(13)4/h7,9,13H,5-6,8,10-11H2,1-4H3,(H,17,20)/t13-/m0/s1. The van der Waals surface area contributed by atoms with Gasteiger partial charge in [0.2, 0.25) is 5.91 Å². The van der Waals surface area contributed by atoms with Crippen LogP contribution in [0, 0.1) is 12.3 Å². The fraction of sp³-hybridized carbons (Fsp3) is 0.733. The predicted molar refractivity (Wildman–Crippen MR) is 79.4 cm³/mol. The molecular weight excluding hydrogens is 252 g/mol. The van der Waals surface area contributed by atoms with E-state index >= 15 is 0 Å². The zero-order valence-corrected chi connectivity index (χ0v) is 13.0. The Hall–Kier alpha value is -1.36. The minimum atomic E-state index is 0.0564. The molecule has 1 fully saturated rings. The molecule has 2 rings (SSSR count). The quantitative estimate of drug-likeness (QED) is 0.906. The molecule has 0 radical (unpaired) electrons. The van der Waals surface area contributed by atoms with Crippen molar-refractivity contribution in [3.63, 3.8) is 0 Å². The molecule has 20 heavy (non-hydrogen) atoms. The Morgan fingerprint density at radius 2 is 2.30 bits per heavy atom. The minimum Gasteiger partial charge on any atom is -0.353 e. The first-order valence-electron chi connectivity index (χ1n) is 7.35. The first kappa shape index (κ1) is 15.0. The van der Waals surface area contributed by atoms with E-state index in [1.54, 1.807) is 6.20 Å². The van der Waals surface area contributed by atoms with Crippen LogP contribution >= 0.6 is 0 Å². The van der Waals surface area contributed by atoms with Crippen LogP contribution in [-0.2, 0) is 11.3 Å². The molecule has 0 aromatic carbocycles. The van der Waals surface area contributed by atoms with E-state index in [9.17, 15) is 4.79 Å². The zero-order chi connectivity index (χ0) is 14.8. The maximum atomic E-state index is 12.0. The summed E-state index contributed by atoms with van der Waals surface area (Å²) in [5, 5.41) is 3.07. The number of aromatic nitrogens is 2. The monoisotopic (exact) mass is 278 g/mol. The van der Waals surface area contributed by atoms with Crippen molar-refractivity contribution < 1.29 is 4.79 Å². The van der Waals surface area contributed by atoms with Crippen LogP contribution in [0.1, 0.15) is 32.5 Å². The Bertz CT molecular complexity index is 466. The number of hydrogen-bond acceptors (Lipinski definition) is 3. The maximum absolute atomic E-state index is 12.0. The van der Waals surface area contributed by atoms with E-state index in [2.05, 4.69) is 36.1 Å². The Morgan fingerprint density at radius 3 is 2.90 bits per heavy atom. The number of piperidine rings is 1. The van der Waals surface area contributed by atoms with Crippen molar-refractivity contribution in [3.8, 4) is 0 Å². The van der Waals surface area contributed by atoms with Crippen molar-refractivity contribution in [2.24, 2.45) is 5.41 Å². The molecule has 1 aromatic rings. The van der Waals surface area contributed by atoms with Gasteiger partial charge in [0.1, 0.15) is 12.4 Å². The summed E-state index contributed by atoms with van der Waals surface area (Å²) in [7, 11) is 2.15. The highest BCUT2D eigenvalue weighted by Crippen LogP contribution is 2.33. The van der Waals surface area contributed by atoms with Crippen LogP contribution in [0.2, 0.25) is 0 Å². The Labute approximate surface area is 121 Å². The molecule has 2 heterocycles. The molecule has 0 spiro atoms. The van der Waals surface area contributed by atoms with E-state index in [0.29, 0.717) is 12.6 Å². The second-order valence-corrected chi connectivity index (χ2v) is 6.49. The molecule has 0 saturated carbocycles. The average Bonchev–Trinajstić information content (AvgIpc) is 2.73. The highest BCUT2D eigenvalue weighted by molar-refractivity contribution is 5.75. The van der Waals surface area contributed by atoms with E-state index in [-0.39, 0.29) is 11.3 Å². The van der Waals surface area contributed by atoms with E-state index < -0.39 is 0 Å². The Morgan fingerprint density at radius 1 is 1.55 bits per heavy atom. The summed E-state index contributed by atoms with van der Waals surface area (Å²) < 4.78 is 1.87. The van der Waals surface area contributed by atoms with Crippen LogP contribution in [0.25, 0.3) is 0 Å². The molecule has 1 amide bonds. The number of hydrogen-bond donors (Lipinski definition) is 1. The number of rotatable bonds is 4. The number of likely N-dealkylation sites (tertiary alicyclic amines) is 1. The van der Waals surface area contributed by atoms with Crippen molar-refractivity contribution in [3.05, 3.63) is 18.2 Å². The van der Waals surface area contributed by atoms with E-state index in [1.165, 1.54) is 12.8 Å². The molecule has 5 nitrogen and oxygen atoms in total. The largest absolute Gasteiger partial charge is 0.353 e. The van der Waals surface area contributed by atoms with Crippen LogP contribution in [0.5, 0.6) is 0 Å². The van der Waals surface area contributed by atoms with Gasteiger partial charge in [-0.3, -0.25) is 4.79 Å². The molecule has 1 aromatic heterocycles. The molecule has 1 atom stereocenters. The van der Waals surface area contributed by atoms with Crippen LogP contribution in [0.3, 0.4) is 0 Å². The van der Waals surface area contributed by atoms with Crippen molar-refractivity contribution >= 4 is 5.91 Å². The second kappa shape index (κ2) is 5.95. The number of amides is 1. The fourth-order valence-electron chi connectivity index (χ4n) is 3.13. The van der Waals surface area contributed by atoms with Gasteiger partial charge in [-0.1, -0.05) is 13.8 Å². The van der Waals surface area contributed by atoms with Gasteiger partial charge in [0.05, 0.1) is 0 Å². The number of nitrogens with zero attached hydrogens (tertiary/aromatic N) is 3. The number of carbonyl (C=O) groups is 1. The van der Waals surface area contributed by atoms with Crippen LogP contribution in [0.4, 0.5) is 0 Å². The molecule has 1 aliphatic rings. The third kappa shape index (κ3) is 3.39. The third-order valence-corrected chi connectivity index (χ3v) is 4.50. The summed E-state index contributed by atoms with van der Waals surface area (Å²) >= 11 is 0. The van der Waals surface area contributed by atoms with Crippen LogP contribution < -0.4 is 5.32 Å². The number of carbonyl (C=O) groups excluding carboxylic acids is 1. The smallest absolute Gasteiger partial charge is 0.240 e. The molecular formula is C15H26N4O. The molecule has 0 bridgehead atoms. The summed E-state index contributed by atoms with van der Waals surface area (Å²) in [5.41, 5.74) is 0.255. The minimum absolute atomic E-state index is 0.0564. The van der Waals surface area contributed by atoms with Gasteiger partial charge < -0.3 is 14.8 Å². The van der Waals surface area contributed by atoms with E-state index in [1.807, 2.05) is 17.7 Å². The van der Waals surface area contributed by atoms with Crippen molar-refractivity contribution in [1.29, 1.82) is 0 Å². The van der Waals surface area contributed by atoms with Gasteiger partial charge in [0.25, 0.3) is 0 Å². The van der Waals surface area contributed by atoms with Gasteiger partial charge in [-0.05, 0) is 38.8 Å². The first-order valence-corrected chi connectivity index (χ1v) is 7.35. The zero-order valence-electron chi connectivity index (χ0n) is 13.0. The third-order valence-electron chi connectivity index (χ3n) is 4.50. The molecule has 5 heteroatoms. The highest BCUT2D eigenvalue weighted by atomic mass is 16.1. The Balaban J connectivity index is 1.87.